The van der Waals surface area contributed by atoms with Crippen molar-refractivity contribution < 1.29 is 4.79 Å². The Labute approximate surface area is 113 Å². The zero-order valence-corrected chi connectivity index (χ0v) is 11.6. The van der Waals surface area contributed by atoms with Crippen molar-refractivity contribution in [2.45, 2.75) is 38.6 Å². The van der Waals surface area contributed by atoms with Crippen molar-refractivity contribution in [3.8, 4) is 0 Å². The highest BCUT2D eigenvalue weighted by molar-refractivity contribution is 5.97. The lowest BCUT2D eigenvalue weighted by Crippen LogP contribution is -2.41. The van der Waals surface area contributed by atoms with Crippen molar-refractivity contribution in [3.63, 3.8) is 0 Å². The van der Waals surface area contributed by atoms with Crippen molar-refractivity contribution in [3.05, 3.63) is 11.9 Å². The third-order valence-electron chi connectivity index (χ3n) is 4.98. The Balaban J connectivity index is 1.67. The molecule has 2 aliphatic carbocycles. The lowest BCUT2D eigenvalue weighted by atomic mass is 9.84. The van der Waals surface area contributed by atoms with Crippen LogP contribution in [0.1, 0.15) is 43.1 Å². The van der Waals surface area contributed by atoms with Gasteiger partial charge in [-0.25, -0.2) is 0 Å². The van der Waals surface area contributed by atoms with Gasteiger partial charge in [-0.3, -0.25) is 9.48 Å². The maximum Gasteiger partial charge on any atom is 0.271 e. The molecule has 0 saturated heterocycles. The van der Waals surface area contributed by atoms with Crippen LogP contribution in [0.3, 0.4) is 0 Å². The summed E-state index contributed by atoms with van der Waals surface area (Å²) in [7, 11) is 1.74. The fraction of sp³-hybridized carbons (Fsp3) is 0.714. The number of rotatable bonds is 3. The molecule has 1 aromatic heterocycles. The summed E-state index contributed by atoms with van der Waals surface area (Å²) in [6.07, 6.45) is 6.88. The SMILES string of the molecule is CC(NC(=O)c1c(N)cnn1C)C1CC2CCC1C2. The molecular formula is C14H22N4O. The quantitative estimate of drug-likeness (QED) is 0.868. The number of aryl methyl sites for hydroxylation is 1. The molecule has 0 spiro atoms. The zero-order chi connectivity index (χ0) is 13.6. The summed E-state index contributed by atoms with van der Waals surface area (Å²) in [5.74, 6) is 2.24. The molecule has 3 N–H and O–H groups in total. The van der Waals surface area contributed by atoms with E-state index in [2.05, 4.69) is 17.3 Å². The van der Waals surface area contributed by atoms with Crippen LogP contribution in [0, 0.1) is 17.8 Å². The maximum absolute atomic E-state index is 12.3. The topological polar surface area (TPSA) is 72.9 Å². The van der Waals surface area contributed by atoms with Crippen molar-refractivity contribution in [2.75, 3.05) is 5.73 Å². The van der Waals surface area contributed by atoms with E-state index in [1.165, 1.54) is 36.6 Å². The molecule has 1 heterocycles. The van der Waals surface area contributed by atoms with Gasteiger partial charge in [0.2, 0.25) is 0 Å². The summed E-state index contributed by atoms with van der Waals surface area (Å²) >= 11 is 0. The molecule has 2 aliphatic rings. The molecule has 4 unspecified atom stereocenters. The summed E-state index contributed by atoms with van der Waals surface area (Å²) in [5, 5.41) is 7.12. The molecule has 3 rings (SSSR count). The third kappa shape index (κ3) is 2.11. The standard InChI is InChI=1S/C14H22N4O/c1-8(11-6-9-3-4-10(11)5-9)17-14(19)13-12(15)7-16-18(13)2/h7-11H,3-6,15H2,1-2H3,(H,17,19). The summed E-state index contributed by atoms with van der Waals surface area (Å²) in [6.45, 7) is 2.12. The summed E-state index contributed by atoms with van der Waals surface area (Å²) in [6, 6.07) is 0.220. The fourth-order valence-corrected chi connectivity index (χ4v) is 4.02. The lowest BCUT2D eigenvalue weighted by molar-refractivity contribution is 0.0906. The van der Waals surface area contributed by atoms with Crippen LogP contribution in [0.2, 0.25) is 0 Å². The minimum Gasteiger partial charge on any atom is -0.396 e. The average Bonchev–Trinajstić information content (AvgIpc) is 3.05. The van der Waals surface area contributed by atoms with Gasteiger partial charge in [-0.1, -0.05) is 6.42 Å². The number of hydrogen-bond donors (Lipinski definition) is 2. The molecule has 104 valence electrons. The highest BCUT2D eigenvalue weighted by Gasteiger charge is 2.42. The van der Waals surface area contributed by atoms with Crippen LogP contribution in [-0.4, -0.2) is 21.7 Å². The number of nitrogens with two attached hydrogens (primary N) is 1. The van der Waals surface area contributed by atoms with Gasteiger partial charge in [0.1, 0.15) is 5.69 Å². The van der Waals surface area contributed by atoms with Gasteiger partial charge in [-0.05, 0) is 43.9 Å². The second kappa shape index (κ2) is 4.54. The van der Waals surface area contributed by atoms with Gasteiger partial charge in [-0.2, -0.15) is 5.10 Å². The highest BCUT2D eigenvalue weighted by Crippen LogP contribution is 2.49. The average molecular weight is 262 g/mol. The number of nitrogens with one attached hydrogen (secondary N) is 1. The van der Waals surface area contributed by atoms with E-state index in [0.717, 1.165) is 11.8 Å². The molecule has 2 saturated carbocycles. The van der Waals surface area contributed by atoms with Crippen molar-refractivity contribution >= 4 is 11.6 Å². The molecule has 2 bridgehead atoms. The van der Waals surface area contributed by atoms with Gasteiger partial charge in [-0.15, -0.1) is 0 Å². The number of aromatic nitrogens is 2. The van der Waals surface area contributed by atoms with Gasteiger partial charge in [0.15, 0.2) is 0 Å². The van der Waals surface area contributed by atoms with Crippen LogP contribution in [-0.2, 0) is 7.05 Å². The largest absolute Gasteiger partial charge is 0.396 e. The van der Waals surface area contributed by atoms with Crippen molar-refractivity contribution in [1.29, 1.82) is 0 Å². The zero-order valence-electron chi connectivity index (χ0n) is 11.6. The Bertz CT molecular complexity index is 476. The number of hydrogen-bond acceptors (Lipinski definition) is 3. The van der Waals surface area contributed by atoms with Gasteiger partial charge < -0.3 is 11.1 Å². The first-order valence-electron chi connectivity index (χ1n) is 7.14. The predicted octanol–water partition coefficient (Wildman–Crippen LogP) is 1.56. The summed E-state index contributed by atoms with van der Waals surface area (Å²) in [5.41, 5.74) is 6.70. The Morgan fingerprint density at radius 2 is 2.32 bits per heavy atom. The normalized spacial score (nSPS) is 30.5. The molecular weight excluding hydrogens is 240 g/mol. The smallest absolute Gasteiger partial charge is 0.271 e. The second-order valence-electron chi connectivity index (χ2n) is 6.17. The molecule has 5 heteroatoms. The van der Waals surface area contributed by atoms with E-state index in [-0.39, 0.29) is 11.9 Å². The Morgan fingerprint density at radius 3 is 2.84 bits per heavy atom. The predicted molar refractivity (Wildman–Crippen MR) is 73.5 cm³/mol. The maximum atomic E-state index is 12.3. The van der Waals surface area contributed by atoms with E-state index in [9.17, 15) is 4.79 Å². The molecule has 0 aliphatic heterocycles. The third-order valence-corrected chi connectivity index (χ3v) is 4.98. The van der Waals surface area contributed by atoms with Crippen LogP contribution < -0.4 is 11.1 Å². The summed E-state index contributed by atoms with van der Waals surface area (Å²) in [4.78, 5) is 12.3. The van der Waals surface area contributed by atoms with E-state index in [4.69, 9.17) is 5.73 Å². The van der Waals surface area contributed by atoms with Crippen LogP contribution in [0.4, 0.5) is 5.69 Å². The second-order valence-corrected chi connectivity index (χ2v) is 6.17. The number of anilines is 1. The van der Waals surface area contributed by atoms with Crippen LogP contribution in [0.25, 0.3) is 0 Å². The molecule has 0 aromatic carbocycles. The first-order chi connectivity index (χ1) is 9.06. The molecule has 4 atom stereocenters. The van der Waals surface area contributed by atoms with Crippen LogP contribution in [0.15, 0.2) is 6.20 Å². The van der Waals surface area contributed by atoms with E-state index >= 15 is 0 Å². The van der Waals surface area contributed by atoms with Crippen molar-refractivity contribution in [2.24, 2.45) is 24.8 Å². The minimum absolute atomic E-state index is 0.104. The van der Waals surface area contributed by atoms with Gasteiger partial charge in [0.05, 0.1) is 11.9 Å². The molecule has 1 amide bonds. The molecule has 19 heavy (non-hydrogen) atoms. The molecule has 1 aromatic rings. The van der Waals surface area contributed by atoms with Crippen LogP contribution in [0.5, 0.6) is 0 Å². The van der Waals surface area contributed by atoms with Gasteiger partial charge in [0.25, 0.3) is 5.91 Å². The molecule has 2 fully saturated rings. The monoisotopic (exact) mass is 262 g/mol. The minimum atomic E-state index is -0.104. The van der Waals surface area contributed by atoms with Gasteiger partial charge in [0, 0.05) is 13.1 Å². The number of fused-ring (bicyclic) bond motifs is 2. The Kier molecular flexibility index (Phi) is 2.99. The molecule has 5 nitrogen and oxygen atoms in total. The van der Waals surface area contributed by atoms with E-state index in [1.54, 1.807) is 7.05 Å². The first-order valence-corrected chi connectivity index (χ1v) is 7.14. The number of nitrogen functional groups attached to an aromatic ring is 1. The van der Waals surface area contributed by atoms with E-state index in [0.29, 0.717) is 17.3 Å². The van der Waals surface area contributed by atoms with Crippen LogP contribution >= 0.6 is 0 Å². The number of amides is 1. The number of carbonyl (C=O) groups is 1. The van der Waals surface area contributed by atoms with Gasteiger partial charge >= 0.3 is 0 Å². The van der Waals surface area contributed by atoms with E-state index in [1.807, 2.05) is 0 Å². The Hall–Kier alpha value is -1.52. The first kappa shape index (κ1) is 12.5. The number of carbonyl (C=O) groups excluding carboxylic acids is 1. The summed E-state index contributed by atoms with van der Waals surface area (Å²) < 4.78 is 1.54. The fourth-order valence-electron chi connectivity index (χ4n) is 4.02. The lowest BCUT2D eigenvalue weighted by Gasteiger charge is -2.28. The molecule has 0 radical (unpaired) electrons. The van der Waals surface area contributed by atoms with E-state index < -0.39 is 0 Å². The highest BCUT2D eigenvalue weighted by atomic mass is 16.2. The number of nitrogens with zero attached hydrogens (tertiary/aromatic N) is 2. The van der Waals surface area contributed by atoms with Crippen molar-refractivity contribution in [1.82, 2.24) is 15.1 Å². The Morgan fingerprint density at radius 1 is 1.53 bits per heavy atom.